The van der Waals surface area contributed by atoms with Gasteiger partial charge in [-0.3, -0.25) is 0 Å². The summed E-state index contributed by atoms with van der Waals surface area (Å²) in [7, 11) is 0. The van der Waals surface area contributed by atoms with Gasteiger partial charge in [0.15, 0.2) is 16.8 Å². The summed E-state index contributed by atoms with van der Waals surface area (Å²) in [6.07, 6.45) is 6.77. The van der Waals surface area contributed by atoms with E-state index in [9.17, 15) is 4.39 Å². The van der Waals surface area contributed by atoms with Crippen LogP contribution in [0.1, 0.15) is 17.9 Å². The van der Waals surface area contributed by atoms with Crippen molar-refractivity contribution < 1.29 is 4.39 Å². The third-order valence-electron chi connectivity index (χ3n) is 3.39. The molecule has 25 heavy (non-hydrogen) atoms. The fraction of sp³-hybridized carbons (Fsp3) is 0.214. The lowest BCUT2D eigenvalue weighted by atomic mass is 9.89. The van der Waals surface area contributed by atoms with Gasteiger partial charge in [0.05, 0.1) is 16.8 Å². The van der Waals surface area contributed by atoms with Gasteiger partial charge in [0.25, 0.3) is 0 Å². The van der Waals surface area contributed by atoms with Crippen molar-refractivity contribution >= 4 is 41.3 Å². The molecule has 0 aromatic carbocycles. The number of allylic oxidation sites excluding steroid dienone is 2. The molecule has 1 aliphatic rings. The first kappa shape index (κ1) is 23.2. The molecular formula is C14H17Cl2FN7S. The molecule has 3 rings (SSSR count). The molecule has 11 heteroatoms. The zero-order chi connectivity index (χ0) is 15.9. The van der Waals surface area contributed by atoms with E-state index in [1.807, 2.05) is 0 Å². The number of nitrogen functional groups attached to an aromatic ring is 1. The van der Waals surface area contributed by atoms with Crippen LogP contribution < -0.4 is 23.4 Å². The van der Waals surface area contributed by atoms with Crippen LogP contribution in [0.5, 0.6) is 0 Å². The molecule has 7 nitrogen and oxygen atoms in total. The number of nitrogens with two attached hydrogens (primary N) is 3. The van der Waals surface area contributed by atoms with E-state index in [2.05, 4.69) is 15.0 Å². The first-order valence-electron chi connectivity index (χ1n) is 6.58. The molecule has 1 aliphatic carbocycles. The molecule has 1 unspecified atom stereocenters. The highest BCUT2D eigenvalue weighted by Gasteiger charge is 2.31. The zero-order valence-electron chi connectivity index (χ0n) is 13.1. The number of nitrogens with zero attached hydrogens (tertiary/aromatic N) is 4. The second-order valence-corrected chi connectivity index (χ2v) is 6.21. The van der Waals surface area contributed by atoms with Crippen molar-refractivity contribution in [2.24, 2.45) is 11.5 Å². The van der Waals surface area contributed by atoms with Crippen molar-refractivity contribution in [1.29, 1.82) is 0 Å². The summed E-state index contributed by atoms with van der Waals surface area (Å²) in [6.45, 7) is 1.75. The molecular weight excluding hydrogens is 388 g/mol. The highest BCUT2D eigenvalue weighted by molar-refractivity contribution is 7.18. The Labute approximate surface area is 161 Å². The number of hydrogen-bond donors (Lipinski definition) is 3. The summed E-state index contributed by atoms with van der Waals surface area (Å²) < 4.78 is 14.1. The Hall–Kier alpha value is -1.78. The highest BCUT2D eigenvalue weighted by atomic mass is 35.5. The predicted molar refractivity (Wildman–Crippen MR) is 101 cm³/mol. The first-order valence-corrected chi connectivity index (χ1v) is 7.40. The van der Waals surface area contributed by atoms with Crippen LogP contribution in [0.4, 0.5) is 9.52 Å². The van der Waals surface area contributed by atoms with Crippen molar-refractivity contribution in [2.75, 3.05) is 5.73 Å². The number of hydrogen-bond acceptors (Lipinski definition) is 7. The van der Waals surface area contributed by atoms with E-state index in [4.69, 9.17) is 17.2 Å². The van der Waals surface area contributed by atoms with Crippen molar-refractivity contribution in [1.82, 2.24) is 21.1 Å². The summed E-state index contributed by atoms with van der Waals surface area (Å²) in [5.41, 5.74) is 18.3. The van der Waals surface area contributed by atoms with Gasteiger partial charge in [-0.05, 0) is 13.0 Å². The predicted octanol–water partition coefficient (Wildman–Crippen LogP) is 1.95. The molecule has 0 spiro atoms. The largest absolute Gasteiger partial charge is 0.402 e. The minimum Gasteiger partial charge on any atom is -0.402 e. The lowest BCUT2D eigenvalue weighted by molar-refractivity contribution is 0.502. The molecule has 6 N–H and O–H groups in total. The minimum atomic E-state index is -0.953. The molecule has 0 saturated carbocycles. The molecule has 2 heterocycles. The van der Waals surface area contributed by atoms with Gasteiger partial charge in [-0.1, -0.05) is 23.5 Å². The number of thiazole rings is 1. The molecule has 135 valence electrons. The lowest BCUT2D eigenvalue weighted by Gasteiger charge is -2.27. The SMILES string of the molecule is Cc1nc(N)sc1-c1nc(C2(N)C=CC=C(N)C2)ncc1F.Cl.Cl.[N]. The van der Waals surface area contributed by atoms with E-state index in [1.54, 1.807) is 25.2 Å². The third-order valence-corrected chi connectivity index (χ3v) is 4.38. The monoisotopic (exact) mass is 404 g/mol. The topological polar surface area (TPSA) is 147 Å². The van der Waals surface area contributed by atoms with Crippen molar-refractivity contribution in [3.05, 3.63) is 47.5 Å². The van der Waals surface area contributed by atoms with Gasteiger partial charge >= 0.3 is 0 Å². The number of halogens is 3. The number of anilines is 1. The third kappa shape index (κ3) is 4.44. The quantitative estimate of drug-likeness (QED) is 0.696. The maximum atomic E-state index is 14.1. The number of rotatable bonds is 2. The second kappa shape index (κ2) is 8.54. The van der Waals surface area contributed by atoms with Gasteiger partial charge < -0.3 is 17.2 Å². The van der Waals surface area contributed by atoms with Gasteiger partial charge in [-0.2, -0.15) is 0 Å². The van der Waals surface area contributed by atoms with Crippen LogP contribution >= 0.6 is 36.2 Å². The Kier molecular flexibility index (Phi) is 7.94. The average molecular weight is 405 g/mol. The van der Waals surface area contributed by atoms with Crippen LogP contribution in [0, 0.1) is 12.7 Å². The number of aryl methyl sites for hydroxylation is 1. The van der Waals surface area contributed by atoms with Gasteiger partial charge in [-0.15, -0.1) is 24.8 Å². The van der Waals surface area contributed by atoms with Crippen molar-refractivity contribution in [3.63, 3.8) is 0 Å². The van der Waals surface area contributed by atoms with Gasteiger partial charge in [0.2, 0.25) is 0 Å². The average Bonchev–Trinajstić information content (AvgIpc) is 2.77. The van der Waals surface area contributed by atoms with E-state index in [-0.39, 0.29) is 36.7 Å². The summed E-state index contributed by atoms with van der Waals surface area (Å²) in [4.78, 5) is 13.0. The first-order chi connectivity index (χ1) is 10.4. The molecule has 2 aromatic rings. The van der Waals surface area contributed by atoms with Crippen LogP contribution in [0.2, 0.25) is 0 Å². The van der Waals surface area contributed by atoms with E-state index < -0.39 is 11.4 Å². The Balaban J connectivity index is 0.00000192. The van der Waals surface area contributed by atoms with E-state index >= 15 is 0 Å². The Morgan fingerprint density at radius 2 is 1.92 bits per heavy atom. The number of aromatic nitrogens is 3. The standard InChI is InChI=1S/C14H15FN6S.2ClH.N/c1-7-11(22-13(17)20-7)10-9(15)6-19-12(21-10)14(18)4-2-3-8(16)5-14;;;/h2-4,6H,5,16,18H2,1H3,(H2,17,20);2*1H;. The van der Waals surface area contributed by atoms with Gasteiger partial charge in [0, 0.05) is 18.3 Å². The van der Waals surface area contributed by atoms with Gasteiger partial charge in [-0.25, -0.2) is 19.3 Å². The maximum Gasteiger partial charge on any atom is 0.180 e. The smallest absolute Gasteiger partial charge is 0.180 e. The maximum absolute atomic E-state index is 14.1. The molecule has 3 radical (unpaired) electrons. The Morgan fingerprint density at radius 1 is 1.24 bits per heavy atom. The molecule has 1 atom stereocenters. The molecule has 2 aromatic heterocycles. The summed E-state index contributed by atoms with van der Waals surface area (Å²) in [5.74, 6) is -0.232. The Morgan fingerprint density at radius 3 is 2.48 bits per heavy atom. The van der Waals surface area contributed by atoms with Crippen LogP contribution in [-0.4, -0.2) is 15.0 Å². The fourth-order valence-corrected chi connectivity index (χ4v) is 3.17. The van der Waals surface area contributed by atoms with E-state index in [0.717, 1.165) is 6.20 Å². The van der Waals surface area contributed by atoms with Crippen molar-refractivity contribution in [2.45, 2.75) is 18.9 Å². The second-order valence-electron chi connectivity index (χ2n) is 5.17. The normalized spacial score (nSPS) is 18.4. The van der Waals surface area contributed by atoms with Crippen molar-refractivity contribution in [3.8, 4) is 10.6 Å². The highest BCUT2D eigenvalue weighted by Crippen LogP contribution is 2.33. The molecule has 0 saturated heterocycles. The molecule has 0 amide bonds. The molecule has 0 aliphatic heterocycles. The Bertz CT molecular complexity index is 808. The van der Waals surface area contributed by atoms with Crippen LogP contribution in [0.15, 0.2) is 30.1 Å². The lowest BCUT2D eigenvalue weighted by Crippen LogP contribution is -2.39. The van der Waals surface area contributed by atoms with E-state index in [1.165, 1.54) is 11.3 Å². The molecule has 0 bridgehead atoms. The van der Waals surface area contributed by atoms with E-state index in [0.29, 0.717) is 33.6 Å². The summed E-state index contributed by atoms with van der Waals surface area (Å²) in [6, 6.07) is 0. The van der Waals surface area contributed by atoms with Crippen LogP contribution in [0.25, 0.3) is 10.6 Å². The minimum absolute atomic E-state index is 0. The fourth-order valence-electron chi connectivity index (χ4n) is 2.34. The van der Waals surface area contributed by atoms with Gasteiger partial charge in [0.1, 0.15) is 11.2 Å². The van der Waals surface area contributed by atoms with Crippen LogP contribution in [0.3, 0.4) is 0 Å². The van der Waals surface area contributed by atoms with Crippen LogP contribution in [-0.2, 0) is 5.54 Å². The summed E-state index contributed by atoms with van der Waals surface area (Å²) in [5, 5.41) is 0.360. The zero-order valence-corrected chi connectivity index (χ0v) is 15.6. The summed E-state index contributed by atoms with van der Waals surface area (Å²) >= 11 is 1.18. The molecule has 0 fully saturated rings.